The third-order valence-corrected chi connectivity index (χ3v) is 5.78. The molecule has 5 heterocycles. The van der Waals surface area contributed by atoms with Crippen LogP contribution in [0.1, 0.15) is 23.2 Å². The molecule has 3 atom stereocenters. The number of rotatable bonds is 0. The van der Waals surface area contributed by atoms with Crippen molar-refractivity contribution < 1.29 is 27.1 Å². The molecule has 13 heteroatoms. The van der Waals surface area contributed by atoms with E-state index >= 15 is 0 Å². The zero-order chi connectivity index (χ0) is 22.6. The van der Waals surface area contributed by atoms with Gasteiger partial charge in [-0.15, -0.1) is 5.10 Å². The average Bonchev–Trinajstić information content (AvgIpc) is 3.29. The van der Waals surface area contributed by atoms with Crippen molar-refractivity contribution in [2.24, 2.45) is 10.9 Å². The Hall–Kier alpha value is -3.38. The van der Waals surface area contributed by atoms with Crippen LogP contribution < -0.4 is 16.0 Å². The highest BCUT2D eigenvalue weighted by Crippen LogP contribution is 2.36. The number of alkyl halides is 3. The summed E-state index contributed by atoms with van der Waals surface area (Å²) in [7, 11) is 0. The molecule has 3 aliphatic rings. The van der Waals surface area contributed by atoms with Gasteiger partial charge in [-0.1, -0.05) is 0 Å². The summed E-state index contributed by atoms with van der Waals surface area (Å²) in [6.07, 6.45) is 0.983. The Morgan fingerprint density at radius 2 is 2.16 bits per heavy atom. The smallest absolute Gasteiger partial charge is 0.298 e. The minimum atomic E-state index is -3.46. The highest BCUT2D eigenvalue weighted by atomic mass is 19.3. The molecule has 2 bridgehead atoms. The van der Waals surface area contributed by atoms with Crippen LogP contribution in [-0.4, -0.2) is 64.2 Å². The molecular weight excluding hydrogens is 434 g/mol. The molecule has 1 saturated heterocycles. The molecule has 1 unspecified atom stereocenters. The lowest BCUT2D eigenvalue weighted by atomic mass is 9.91. The normalized spacial score (nSPS) is 27.7. The van der Waals surface area contributed by atoms with E-state index < -0.39 is 48.9 Å². The predicted molar refractivity (Wildman–Crippen MR) is 106 cm³/mol. The minimum absolute atomic E-state index is 0.0122. The van der Waals surface area contributed by atoms with Crippen LogP contribution in [0.25, 0.3) is 5.65 Å². The van der Waals surface area contributed by atoms with E-state index in [1.165, 1.54) is 10.7 Å². The Morgan fingerprint density at radius 1 is 1.34 bits per heavy atom. The Bertz CT molecular complexity index is 1150. The second-order valence-electron chi connectivity index (χ2n) is 8.05. The number of nitrogens with one attached hydrogen (secondary N) is 1. The number of halogens is 4. The van der Waals surface area contributed by atoms with Gasteiger partial charge in [0.15, 0.2) is 24.0 Å². The van der Waals surface area contributed by atoms with Gasteiger partial charge in [0, 0.05) is 25.1 Å². The van der Waals surface area contributed by atoms with E-state index in [0.717, 1.165) is 6.20 Å². The SMILES string of the molecule is Nc1nn2ccc3nc2c1C(=O)NCC(F)(F)COC1=NC=C(F)CC1[C@H]1C[C@H](F)CN31. The van der Waals surface area contributed by atoms with Gasteiger partial charge in [0.05, 0.1) is 25.2 Å². The summed E-state index contributed by atoms with van der Waals surface area (Å²) in [6.45, 7) is -2.18. The van der Waals surface area contributed by atoms with Crippen LogP contribution in [0, 0.1) is 5.92 Å². The number of aromatic nitrogens is 3. The molecule has 2 aromatic rings. The number of nitrogens with zero attached hydrogens (tertiary/aromatic N) is 5. The summed E-state index contributed by atoms with van der Waals surface area (Å²) in [6, 6.07) is 0.922. The first-order valence-corrected chi connectivity index (χ1v) is 9.98. The lowest BCUT2D eigenvalue weighted by Gasteiger charge is -2.34. The fraction of sp³-hybridized carbons (Fsp3) is 0.474. The molecule has 9 nitrogen and oxygen atoms in total. The molecule has 0 radical (unpaired) electrons. The first-order valence-electron chi connectivity index (χ1n) is 9.98. The number of amides is 1. The lowest BCUT2D eigenvalue weighted by Crippen LogP contribution is -2.44. The van der Waals surface area contributed by atoms with Gasteiger partial charge in [0.1, 0.15) is 23.4 Å². The van der Waals surface area contributed by atoms with Crippen molar-refractivity contribution in [3.63, 3.8) is 0 Å². The van der Waals surface area contributed by atoms with E-state index in [-0.39, 0.29) is 42.3 Å². The Labute approximate surface area is 178 Å². The second kappa shape index (κ2) is 7.35. The average molecular weight is 453 g/mol. The number of nitrogen functional groups attached to an aromatic ring is 1. The maximum atomic E-state index is 14.5. The van der Waals surface area contributed by atoms with Gasteiger partial charge in [-0.25, -0.2) is 32.1 Å². The third-order valence-electron chi connectivity index (χ3n) is 5.78. The van der Waals surface area contributed by atoms with Crippen molar-refractivity contribution in [2.45, 2.75) is 31.0 Å². The first-order chi connectivity index (χ1) is 15.2. The monoisotopic (exact) mass is 453 g/mol. The van der Waals surface area contributed by atoms with Crippen molar-refractivity contribution in [1.82, 2.24) is 19.9 Å². The van der Waals surface area contributed by atoms with E-state index in [2.05, 4.69) is 20.4 Å². The van der Waals surface area contributed by atoms with Crippen LogP contribution in [0.3, 0.4) is 0 Å². The topological polar surface area (TPSA) is 110 Å². The highest BCUT2D eigenvalue weighted by Gasteiger charge is 2.43. The Morgan fingerprint density at radius 3 is 2.97 bits per heavy atom. The van der Waals surface area contributed by atoms with E-state index in [4.69, 9.17) is 10.5 Å². The quantitative estimate of drug-likeness (QED) is 0.590. The zero-order valence-electron chi connectivity index (χ0n) is 16.6. The van der Waals surface area contributed by atoms with E-state index in [9.17, 15) is 22.4 Å². The standard InChI is InChI=1S/C19H19F4N7O2/c20-9-3-11-12-4-10(21)6-29(12)13-1-2-30-16(27-13)14(15(24)28-30)17(31)26-7-19(22,23)8-32-18(11)25-5-9/h1-2,5,10-12H,3-4,6-8H2,(H2,24,28)(H,26,31)/t10-,11?,12+/m0/s1. The molecule has 0 aliphatic carbocycles. The number of aliphatic imine (C=N–C) groups is 1. The van der Waals surface area contributed by atoms with Gasteiger partial charge in [0.25, 0.3) is 11.8 Å². The number of hydrogen-bond donors (Lipinski definition) is 2. The number of anilines is 2. The van der Waals surface area contributed by atoms with Crippen molar-refractivity contribution >= 4 is 29.1 Å². The molecule has 5 rings (SSSR count). The molecule has 3 N–H and O–H groups in total. The number of nitrogens with two attached hydrogens (primary N) is 1. The molecular formula is C19H19F4N7O2. The highest BCUT2D eigenvalue weighted by molar-refractivity contribution is 6.04. The van der Waals surface area contributed by atoms with Crippen LogP contribution >= 0.6 is 0 Å². The van der Waals surface area contributed by atoms with Gasteiger partial charge in [-0.3, -0.25) is 4.79 Å². The number of carbonyl (C=O) groups excluding carboxylic acids is 1. The van der Waals surface area contributed by atoms with Crippen LogP contribution in [0.2, 0.25) is 0 Å². The van der Waals surface area contributed by atoms with Crippen molar-refractivity contribution in [3.05, 3.63) is 29.9 Å². The summed E-state index contributed by atoms with van der Waals surface area (Å²) in [5, 5.41) is 6.13. The van der Waals surface area contributed by atoms with Crippen LogP contribution in [0.5, 0.6) is 0 Å². The maximum Gasteiger partial charge on any atom is 0.298 e. The summed E-state index contributed by atoms with van der Waals surface area (Å²) in [4.78, 5) is 22.5. The van der Waals surface area contributed by atoms with Gasteiger partial charge >= 0.3 is 0 Å². The van der Waals surface area contributed by atoms with Crippen LogP contribution in [0.4, 0.5) is 29.2 Å². The maximum absolute atomic E-state index is 14.5. The van der Waals surface area contributed by atoms with Crippen LogP contribution in [0.15, 0.2) is 29.3 Å². The minimum Gasteiger partial charge on any atom is -0.474 e. The van der Waals surface area contributed by atoms with Gasteiger partial charge in [-0.2, -0.15) is 0 Å². The fourth-order valence-corrected chi connectivity index (χ4v) is 4.32. The van der Waals surface area contributed by atoms with E-state index in [1.807, 2.05) is 0 Å². The zero-order valence-corrected chi connectivity index (χ0v) is 16.6. The van der Waals surface area contributed by atoms with Crippen molar-refractivity contribution in [1.29, 1.82) is 0 Å². The molecule has 1 fully saturated rings. The molecule has 0 saturated carbocycles. The first kappa shape index (κ1) is 20.5. The largest absolute Gasteiger partial charge is 0.474 e. The molecule has 0 spiro atoms. The molecule has 2 aromatic heterocycles. The Kier molecular flexibility index (Phi) is 4.71. The van der Waals surface area contributed by atoms with Gasteiger partial charge < -0.3 is 20.7 Å². The van der Waals surface area contributed by atoms with Crippen molar-refractivity contribution in [3.8, 4) is 0 Å². The molecule has 3 aliphatic heterocycles. The van der Waals surface area contributed by atoms with Gasteiger partial charge in [0.2, 0.25) is 0 Å². The fourth-order valence-electron chi connectivity index (χ4n) is 4.32. The predicted octanol–water partition coefficient (Wildman–Crippen LogP) is 1.85. The second-order valence-corrected chi connectivity index (χ2v) is 8.05. The molecule has 1 amide bonds. The number of hydrogen-bond acceptors (Lipinski definition) is 7. The third kappa shape index (κ3) is 3.50. The van der Waals surface area contributed by atoms with Gasteiger partial charge in [-0.05, 0) is 6.07 Å². The number of carbonyl (C=O) groups is 1. The van der Waals surface area contributed by atoms with Crippen molar-refractivity contribution in [2.75, 3.05) is 30.3 Å². The molecule has 0 aromatic carbocycles. The lowest BCUT2D eigenvalue weighted by molar-refractivity contribution is -0.0436. The van der Waals surface area contributed by atoms with Crippen LogP contribution in [-0.2, 0) is 4.74 Å². The van der Waals surface area contributed by atoms with E-state index in [0.29, 0.717) is 5.82 Å². The van der Waals surface area contributed by atoms with E-state index in [1.54, 1.807) is 11.0 Å². The summed E-state index contributed by atoms with van der Waals surface area (Å²) in [5.41, 5.74) is 5.71. The number of allylic oxidation sites excluding steroid dienone is 1. The number of ether oxygens (including phenoxy) is 1. The number of fused-ring (bicyclic) bond motifs is 5. The summed E-state index contributed by atoms with van der Waals surface area (Å²) < 4.78 is 64.0. The molecule has 170 valence electrons. The Balaban J connectivity index is 1.65. The summed E-state index contributed by atoms with van der Waals surface area (Å²) in [5.74, 6) is -5.66. The summed E-state index contributed by atoms with van der Waals surface area (Å²) >= 11 is 0. The molecule has 32 heavy (non-hydrogen) atoms.